The number of carbonyl (C=O) groups excluding carboxylic acids is 1. The van der Waals surface area contributed by atoms with E-state index in [4.69, 9.17) is 15.2 Å². The highest BCUT2D eigenvalue weighted by atomic mass is 127. The number of rotatable bonds is 6. The molecule has 7 nitrogen and oxygen atoms in total. The second-order valence-corrected chi connectivity index (χ2v) is 5.67. The predicted molar refractivity (Wildman–Crippen MR) is 95.2 cm³/mol. The van der Waals surface area contributed by atoms with Gasteiger partial charge in [-0.2, -0.15) is 0 Å². The summed E-state index contributed by atoms with van der Waals surface area (Å²) in [7, 11) is 3.29. The van der Waals surface area contributed by atoms with Crippen molar-refractivity contribution in [2.24, 2.45) is 10.7 Å². The lowest BCUT2D eigenvalue weighted by molar-refractivity contribution is 0.0304. The summed E-state index contributed by atoms with van der Waals surface area (Å²) in [5.41, 5.74) is 5.22. The second kappa shape index (κ2) is 10.9. The number of methoxy groups -OCH3 is 1. The van der Waals surface area contributed by atoms with Gasteiger partial charge in [-0.3, -0.25) is 4.99 Å². The number of hydrogen-bond donors (Lipinski definition) is 2. The number of guanidine groups is 1. The van der Waals surface area contributed by atoms with Gasteiger partial charge in [0.25, 0.3) is 0 Å². The largest absolute Gasteiger partial charge is 0.444 e. The fourth-order valence-corrected chi connectivity index (χ4v) is 1.34. The van der Waals surface area contributed by atoms with Crippen LogP contribution in [0.1, 0.15) is 27.7 Å². The van der Waals surface area contributed by atoms with Crippen LogP contribution in [0, 0.1) is 0 Å². The zero-order chi connectivity index (χ0) is 15.8. The van der Waals surface area contributed by atoms with Crippen molar-refractivity contribution in [3.05, 3.63) is 0 Å². The smallest absolute Gasteiger partial charge is 0.410 e. The number of nitrogens with zero attached hydrogens (tertiary/aromatic N) is 2. The van der Waals surface area contributed by atoms with E-state index < -0.39 is 5.60 Å². The molecule has 0 saturated heterocycles. The summed E-state index contributed by atoms with van der Waals surface area (Å²) >= 11 is 0. The summed E-state index contributed by atoms with van der Waals surface area (Å²) in [5, 5.41) is 2.99. The molecule has 0 aromatic rings. The van der Waals surface area contributed by atoms with E-state index in [1.165, 1.54) is 4.90 Å². The Morgan fingerprint density at radius 1 is 1.43 bits per heavy atom. The van der Waals surface area contributed by atoms with Crippen molar-refractivity contribution in [3.8, 4) is 0 Å². The summed E-state index contributed by atoms with van der Waals surface area (Å²) < 4.78 is 10.2. The highest BCUT2D eigenvalue weighted by Crippen LogP contribution is 2.08. The topological polar surface area (TPSA) is 89.2 Å². The van der Waals surface area contributed by atoms with Gasteiger partial charge in [-0.25, -0.2) is 4.79 Å². The Morgan fingerprint density at radius 2 is 2.00 bits per heavy atom. The Hall–Kier alpha value is -0.770. The van der Waals surface area contributed by atoms with Crippen LogP contribution in [0.2, 0.25) is 0 Å². The quantitative estimate of drug-likeness (QED) is 0.388. The number of aliphatic imine (C=N–C) groups is 1. The Kier molecular flexibility index (Phi) is 11.7. The molecule has 0 heterocycles. The van der Waals surface area contributed by atoms with Gasteiger partial charge >= 0.3 is 6.09 Å². The van der Waals surface area contributed by atoms with Gasteiger partial charge in [-0.05, 0) is 27.7 Å². The molecule has 0 aromatic heterocycles. The summed E-state index contributed by atoms with van der Waals surface area (Å²) in [5.74, 6) is 0.340. The first-order valence-corrected chi connectivity index (χ1v) is 6.65. The van der Waals surface area contributed by atoms with Crippen LogP contribution in [0.3, 0.4) is 0 Å². The zero-order valence-corrected chi connectivity index (χ0v) is 16.1. The summed E-state index contributed by atoms with van der Waals surface area (Å²) in [4.78, 5) is 17.3. The molecule has 1 atom stereocenters. The summed E-state index contributed by atoms with van der Waals surface area (Å²) in [6.45, 7) is 8.83. The molecule has 0 aromatic carbocycles. The average molecular weight is 416 g/mol. The van der Waals surface area contributed by atoms with E-state index in [0.29, 0.717) is 25.7 Å². The first-order chi connectivity index (χ1) is 9.15. The number of hydrogen-bond acceptors (Lipinski definition) is 4. The number of carbonyl (C=O) groups is 1. The fourth-order valence-electron chi connectivity index (χ4n) is 1.34. The molecule has 1 unspecified atom stereocenters. The van der Waals surface area contributed by atoms with Gasteiger partial charge in [0, 0.05) is 26.7 Å². The maximum absolute atomic E-state index is 11.7. The van der Waals surface area contributed by atoms with E-state index in [9.17, 15) is 4.79 Å². The van der Waals surface area contributed by atoms with Crippen molar-refractivity contribution in [2.45, 2.75) is 39.3 Å². The number of ether oxygens (including phenoxy) is 2. The lowest BCUT2D eigenvalue weighted by Gasteiger charge is -2.24. The SMILES string of the molecule is COCC(C)NC(N)=NCCN(C)C(=O)OC(C)(C)C.I. The van der Waals surface area contributed by atoms with Crippen LogP contribution < -0.4 is 11.1 Å². The van der Waals surface area contributed by atoms with Crippen molar-refractivity contribution in [3.63, 3.8) is 0 Å². The van der Waals surface area contributed by atoms with E-state index in [-0.39, 0.29) is 36.1 Å². The molecule has 0 spiro atoms. The Labute approximate surface area is 144 Å². The summed E-state index contributed by atoms with van der Waals surface area (Å²) in [6.07, 6.45) is -0.369. The van der Waals surface area contributed by atoms with Crippen LogP contribution in [0.4, 0.5) is 4.79 Å². The van der Waals surface area contributed by atoms with E-state index in [2.05, 4.69) is 10.3 Å². The maximum Gasteiger partial charge on any atom is 0.410 e. The molecular weight excluding hydrogens is 387 g/mol. The molecule has 3 N–H and O–H groups in total. The van der Waals surface area contributed by atoms with Crippen molar-refractivity contribution in [1.82, 2.24) is 10.2 Å². The fraction of sp³-hybridized carbons (Fsp3) is 0.846. The third kappa shape index (κ3) is 12.7. The highest BCUT2D eigenvalue weighted by molar-refractivity contribution is 14.0. The Bertz CT molecular complexity index is 332. The molecular formula is C13H29IN4O3. The van der Waals surface area contributed by atoms with E-state index in [0.717, 1.165) is 0 Å². The predicted octanol–water partition coefficient (Wildman–Crippen LogP) is 1.41. The molecule has 0 bridgehead atoms. The van der Waals surface area contributed by atoms with Crippen LogP contribution in [-0.2, 0) is 9.47 Å². The Balaban J connectivity index is 0. The normalized spacial score (nSPS) is 13.1. The number of halogens is 1. The lowest BCUT2D eigenvalue weighted by Crippen LogP contribution is -2.41. The number of nitrogens with two attached hydrogens (primary N) is 1. The van der Waals surface area contributed by atoms with Crippen LogP contribution in [-0.4, -0.2) is 62.4 Å². The molecule has 0 rings (SSSR count). The second-order valence-electron chi connectivity index (χ2n) is 5.67. The van der Waals surface area contributed by atoms with E-state index in [1.807, 2.05) is 27.7 Å². The van der Waals surface area contributed by atoms with Gasteiger partial charge in [0.2, 0.25) is 0 Å². The maximum atomic E-state index is 11.7. The van der Waals surface area contributed by atoms with Crippen molar-refractivity contribution < 1.29 is 14.3 Å². The highest BCUT2D eigenvalue weighted by Gasteiger charge is 2.19. The zero-order valence-electron chi connectivity index (χ0n) is 13.8. The molecule has 1 amide bonds. The molecule has 126 valence electrons. The molecule has 21 heavy (non-hydrogen) atoms. The average Bonchev–Trinajstić information content (AvgIpc) is 2.26. The van der Waals surface area contributed by atoms with Crippen LogP contribution in [0.25, 0.3) is 0 Å². The Morgan fingerprint density at radius 3 is 2.48 bits per heavy atom. The molecule has 8 heteroatoms. The first-order valence-electron chi connectivity index (χ1n) is 6.65. The third-order valence-electron chi connectivity index (χ3n) is 2.23. The summed E-state index contributed by atoms with van der Waals surface area (Å²) in [6, 6.07) is 0.0901. The van der Waals surface area contributed by atoms with Crippen LogP contribution >= 0.6 is 24.0 Å². The first kappa shape index (κ1) is 22.5. The number of amides is 1. The van der Waals surface area contributed by atoms with Crippen molar-refractivity contribution in [1.29, 1.82) is 0 Å². The molecule has 0 aliphatic carbocycles. The minimum Gasteiger partial charge on any atom is -0.444 e. The van der Waals surface area contributed by atoms with Gasteiger partial charge in [-0.1, -0.05) is 0 Å². The van der Waals surface area contributed by atoms with Gasteiger partial charge in [-0.15, -0.1) is 24.0 Å². The van der Waals surface area contributed by atoms with E-state index in [1.54, 1.807) is 14.2 Å². The minimum atomic E-state index is -0.495. The molecule has 0 aliphatic rings. The molecule has 0 aliphatic heterocycles. The third-order valence-corrected chi connectivity index (χ3v) is 2.23. The van der Waals surface area contributed by atoms with Gasteiger partial charge in [0.05, 0.1) is 13.2 Å². The molecule has 0 saturated carbocycles. The van der Waals surface area contributed by atoms with Crippen molar-refractivity contribution in [2.75, 3.05) is 33.9 Å². The van der Waals surface area contributed by atoms with Crippen LogP contribution in [0.15, 0.2) is 4.99 Å². The monoisotopic (exact) mass is 416 g/mol. The minimum absolute atomic E-state index is 0. The number of nitrogens with one attached hydrogen (secondary N) is 1. The van der Waals surface area contributed by atoms with Gasteiger partial charge < -0.3 is 25.4 Å². The van der Waals surface area contributed by atoms with Gasteiger partial charge in [0.1, 0.15) is 5.60 Å². The number of likely N-dealkylation sites (N-methyl/N-ethyl adjacent to an activating group) is 1. The van der Waals surface area contributed by atoms with Crippen molar-refractivity contribution >= 4 is 36.0 Å². The van der Waals surface area contributed by atoms with E-state index >= 15 is 0 Å². The molecule has 0 radical (unpaired) electrons. The molecule has 0 fully saturated rings. The standard InChI is InChI=1S/C13H28N4O3.HI/c1-10(9-19-6)16-11(14)15-7-8-17(5)12(18)20-13(2,3)4;/h10H,7-9H2,1-6H3,(H3,14,15,16);1H. The van der Waals surface area contributed by atoms with Crippen LogP contribution in [0.5, 0.6) is 0 Å². The lowest BCUT2D eigenvalue weighted by atomic mass is 10.2. The van der Waals surface area contributed by atoms with Gasteiger partial charge in [0.15, 0.2) is 5.96 Å².